The molecule has 78 valence electrons. The Morgan fingerprint density at radius 1 is 1.93 bits per heavy atom. The molecule has 1 rings (SSSR count). The SMILES string of the molecule is CCc1ccn(C(=N)N)n1.O=[N+]([O-])O. The Kier molecular flexibility index (Phi) is 4.68. The van der Waals surface area contributed by atoms with Gasteiger partial charge in [-0.3, -0.25) is 5.41 Å². The molecule has 0 radical (unpaired) electrons. The first-order valence-corrected chi connectivity index (χ1v) is 3.69. The van der Waals surface area contributed by atoms with Gasteiger partial charge in [0, 0.05) is 6.20 Å². The molecule has 0 spiro atoms. The molecular formula is C6H11N5O3. The zero-order valence-corrected chi connectivity index (χ0v) is 7.54. The van der Waals surface area contributed by atoms with Gasteiger partial charge >= 0.3 is 0 Å². The van der Waals surface area contributed by atoms with Crippen LogP contribution in [0.3, 0.4) is 0 Å². The summed E-state index contributed by atoms with van der Waals surface area (Å²) in [5, 5.41) is 24.6. The lowest BCUT2D eigenvalue weighted by molar-refractivity contribution is -0.742. The van der Waals surface area contributed by atoms with Gasteiger partial charge in [0.25, 0.3) is 5.09 Å². The van der Waals surface area contributed by atoms with Gasteiger partial charge in [-0.25, -0.2) is 4.68 Å². The first-order valence-electron chi connectivity index (χ1n) is 3.69. The van der Waals surface area contributed by atoms with Crippen LogP contribution in [0, 0.1) is 15.5 Å². The van der Waals surface area contributed by atoms with E-state index < -0.39 is 5.09 Å². The van der Waals surface area contributed by atoms with Crippen LogP contribution in [0.1, 0.15) is 12.6 Å². The minimum Gasteiger partial charge on any atom is -0.368 e. The van der Waals surface area contributed by atoms with Crippen molar-refractivity contribution in [1.82, 2.24) is 9.78 Å². The summed E-state index contributed by atoms with van der Waals surface area (Å²) in [6, 6.07) is 1.85. The fraction of sp³-hybridized carbons (Fsp3) is 0.333. The zero-order chi connectivity index (χ0) is 11.1. The number of nitrogens with one attached hydrogen (secondary N) is 1. The second-order valence-corrected chi connectivity index (χ2v) is 2.23. The molecule has 4 N–H and O–H groups in total. The molecule has 1 aromatic heterocycles. The Labute approximate surface area is 79.6 Å². The van der Waals surface area contributed by atoms with Gasteiger partial charge in [0.15, 0.2) is 0 Å². The maximum atomic E-state index is 8.36. The molecule has 0 bridgehead atoms. The van der Waals surface area contributed by atoms with E-state index in [2.05, 4.69) is 5.10 Å². The van der Waals surface area contributed by atoms with Crippen LogP contribution in [0.15, 0.2) is 12.3 Å². The van der Waals surface area contributed by atoms with Crippen LogP contribution in [-0.2, 0) is 6.42 Å². The lowest BCUT2D eigenvalue weighted by Crippen LogP contribution is -2.21. The topological polar surface area (TPSA) is 131 Å². The molecule has 0 aromatic carbocycles. The monoisotopic (exact) mass is 201 g/mol. The van der Waals surface area contributed by atoms with E-state index >= 15 is 0 Å². The van der Waals surface area contributed by atoms with Crippen LogP contribution in [0.2, 0.25) is 0 Å². The number of rotatable bonds is 1. The number of hydrogen-bond acceptors (Lipinski definition) is 4. The third kappa shape index (κ3) is 4.70. The van der Waals surface area contributed by atoms with E-state index in [1.165, 1.54) is 4.68 Å². The van der Waals surface area contributed by atoms with Gasteiger partial charge in [-0.2, -0.15) is 5.10 Å². The first-order chi connectivity index (χ1) is 6.47. The van der Waals surface area contributed by atoms with Crippen molar-refractivity contribution in [2.75, 3.05) is 0 Å². The Morgan fingerprint density at radius 3 is 2.64 bits per heavy atom. The van der Waals surface area contributed by atoms with Crippen LogP contribution < -0.4 is 5.73 Å². The lowest BCUT2D eigenvalue weighted by Gasteiger charge is -1.93. The van der Waals surface area contributed by atoms with E-state index in [1.807, 2.05) is 13.0 Å². The van der Waals surface area contributed by atoms with E-state index in [1.54, 1.807) is 6.20 Å². The van der Waals surface area contributed by atoms with E-state index in [4.69, 9.17) is 26.5 Å². The van der Waals surface area contributed by atoms with Gasteiger partial charge in [-0.1, -0.05) is 6.92 Å². The molecule has 0 fully saturated rings. The largest absolute Gasteiger partial charge is 0.368 e. The summed E-state index contributed by atoms with van der Waals surface area (Å²) in [7, 11) is 0. The normalized spacial score (nSPS) is 8.64. The summed E-state index contributed by atoms with van der Waals surface area (Å²) < 4.78 is 1.35. The maximum Gasteiger partial charge on any atom is 0.291 e. The number of hydrogen-bond donors (Lipinski definition) is 3. The Hall–Kier alpha value is -2.12. The minimum atomic E-state index is -1.50. The quantitative estimate of drug-likeness (QED) is 0.251. The summed E-state index contributed by atoms with van der Waals surface area (Å²) in [4.78, 5) is 8.36. The molecule has 0 aliphatic rings. The van der Waals surface area contributed by atoms with Crippen molar-refractivity contribution in [1.29, 1.82) is 5.41 Å². The molecule has 0 amide bonds. The summed E-state index contributed by atoms with van der Waals surface area (Å²) in [5.41, 5.74) is 6.12. The number of nitrogens with zero attached hydrogens (tertiary/aromatic N) is 3. The van der Waals surface area contributed by atoms with Gasteiger partial charge in [0.1, 0.15) is 0 Å². The van der Waals surface area contributed by atoms with Crippen molar-refractivity contribution in [3.05, 3.63) is 28.1 Å². The van der Waals surface area contributed by atoms with Crippen LogP contribution >= 0.6 is 0 Å². The summed E-state index contributed by atoms with van der Waals surface area (Å²) in [6.07, 6.45) is 2.56. The Morgan fingerprint density at radius 2 is 2.43 bits per heavy atom. The predicted octanol–water partition coefficient (Wildman–Crippen LogP) is -0.161. The molecule has 8 nitrogen and oxygen atoms in total. The average molecular weight is 201 g/mol. The van der Waals surface area contributed by atoms with Gasteiger partial charge in [-0.05, 0) is 12.5 Å². The number of nitrogen functional groups attached to an aromatic ring is 1. The minimum absolute atomic E-state index is 0.0419. The molecule has 0 atom stereocenters. The van der Waals surface area contributed by atoms with E-state index in [0.717, 1.165) is 12.1 Å². The van der Waals surface area contributed by atoms with Crippen LogP contribution in [0.4, 0.5) is 0 Å². The van der Waals surface area contributed by atoms with Crippen LogP contribution in [0.5, 0.6) is 0 Å². The highest BCUT2D eigenvalue weighted by molar-refractivity contribution is 5.75. The molecule has 0 saturated carbocycles. The van der Waals surface area contributed by atoms with E-state index in [9.17, 15) is 0 Å². The summed E-state index contributed by atoms with van der Waals surface area (Å²) in [5.74, 6) is -0.0419. The number of aromatic nitrogens is 2. The van der Waals surface area contributed by atoms with Gasteiger partial charge in [0.05, 0.1) is 5.69 Å². The average Bonchev–Trinajstić information content (AvgIpc) is 2.50. The molecule has 0 saturated heterocycles. The number of aryl methyl sites for hydroxylation is 1. The van der Waals surface area contributed by atoms with Crippen LogP contribution in [0.25, 0.3) is 0 Å². The maximum absolute atomic E-state index is 8.36. The Bertz CT molecular complexity index is 317. The molecule has 8 heteroatoms. The number of nitrogens with two attached hydrogens (primary N) is 1. The first kappa shape index (κ1) is 11.9. The summed E-state index contributed by atoms with van der Waals surface area (Å²) >= 11 is 0. The van der Waals surface area contributed by atoms with Gasteiger partial charge in [-0.15, -0.1) is 10.1 Å². The van der Waals surface area contributed by atoms with Gasteiger partial charge < -0.3 is 10.9 Å². The standard InChI is InChI=1S/C6H10N4.HNO3/c1-2-5-3-4-10(9-5)6(7)8;2-1(3)4/h3-4H,2H2,1H3,(H3,7,8);(H,2,3,4). The third-order valence-corrected chi connectivity index (χ3v) is 1.25. The fourth-order valence-electron chi connectivity index (χ4n) is 0.684. The zero-order valence-electron chi connectivity index (χ0n) is 7.54. The van der Waals surface area contributed by atoms with E-state index in [-0.39, 0.29) is 5.96 Å². The van der Waals surface area contributed by atoms with Crippen molar-refractivity contribution in [2.45, 2.75) is 13.3 Å². The molecule has 1 aromatic rings. The van der Waals surface area contributed by atoms with Gasteiger partial charge in [0.2, 0.25) is 5.96 Å². The molecule has 14 heavy (non-hydrogen) atoms. The fourth-order valence-corrected chi connectivity index (χ4v) is 0.684. The molecule has 1 heterocycles. The molecule has 0 aliphatic heterocycles. The van der Waals surface area contributed by atoms with Crippen molar-refractivity contribution in [2.24, 2.45) is 5.73 Å². The second kappa shape index (κ2) is 5.51. The van der Waals surface area contributed by atoms with Crippen LogP contribution in [-0.4, -0.2) is 26.0 Å². The Balaban J connectivity index is 0.000000364. The summed E-state index contributed by atoms with van der Waals surface area (Å²) in [6.45, 7) is 2.01. The highest BCUT2D eigenvalue weighted by Gasteiger charge is 1.96. The van der Waals surface area contributed by atoms with Crippen molar-refractivity contribution < 1.29 is 10.3 Å². The van der Waals surface area contributed by atoms with Crippen molar-refractivity contribution in [3.63, 3.8) is 0 Å². The second-order valence-electron chi connectivity index (χ2n) is 2.23. The highest BCUT2D eigenvalue weighted by Crippen LogP contribution is 1.93. The highest BCUT2D eigenvalue weighted by atomic mass is 16.9. The third-order valence-electron chi connectivity index (χ3n) is 1.25. The lowest BCUT2D eigenvalue weighted by atomic mass is 10.4. The molecule has 0 unspecified atom stereocenters. The van der Waals surface area contributed by atoms with Crippen molar-refractivity contribution in [3.8, 4) is 0 Å². The predicted molar refractivity (Wildman–Crippen MR) is 47.7 cm³/mol. The van der Waals surface area contributed by atoms with Crippen molar-refractivity contribution >= 4 is 5.96 Å². The smallest absolute Gasteiger partial charge is 0.291 e. The molecule has 0 aliphatic carbocycles. The molecular weight excluding hydrogens is 190 g/mol. The van der Waals surface area contributed by atoms with E-state index in [0.29, 0.717) is 0 Å².